The first kappa shape index (κ1) is 15.2. The highest BCUT2D eigenvalue weighted by atomic mass is 19.1. The molecule has 1 aromatic rings. The predicted octanol–water partition coefficient (Wildman–Crippen LogP) is 4.26. The molecule has 2 heteroatoms. The minimum absolute atomic E-state index is 0.0431. The van der Waals surface area contributed by atoms with Crippen molar-refractivity contribution in [1.29, 1.82) is 0 Å². The van der Waals surface area contributed by atoms with Gasteiger partial charge in [-0.05, 0) is 54.9 Å². The van der Waals surface area contributed by atoms with Gasteiger partial charge in [-0.2, -0.15) is 0 Å². The third-order valence-electron chi connectivity index (χ3n) is 4.02. The molecule has 1 rings (SSSR count). The van der Waals surface area contributed by atoms with Crippen molar-refractivity contribution in [3.05, 3.63) is 35.1 Å². The van der Waals surface area contributed by atoms with Gasteiger partial charge in [-0.1, -0.05) is 32.8 Å². The van der Waals surface area contributed by atoms with E-state index in [0.717, 1.165) is 43.2 Å². The molecule has 1 nitrogen and oxygen atoms in total. The van der Waals surface area contributed by atoms with Gasteiger partial charge in [0.2, 0.25) is 0 Å². The van der Waals surface area contributed by atoms with E-state index in [0.29, 0.717) is 0 Å². The summed E-state index contributed by atoms with van der Waals surface area (Å²) >= 11 is 0. The number of hydrogen-bond acceptors (Lipinski definition) is 1. The third-order valence-corrected chi connectivity index (χ3v) is 4.02. The molecule has 0 aliphatic rings. The Labute approximate surface area is 110 Å². The molecule has 1 aromatic carbocycles. The van der Waals surface area contributed by atoms with E-state index in [9.17, 15) is 9.50 Å². The number of aliphatic hydroxyl groups excluding tert-OH is 1. The summed E-state index contributed by atoms with van der Waals surface area (Å²) in [6.07, 6.45) is 5.11. The van der Waals surface area contributed by atoms with Gasteiger partial charge >= 0.3 is 0 Å². The minimum atomic E-state index is -0.184. The summed E-state index contributed by atoms with van der Waals surface area (Å²) in [6, 6.07) is 4.95. The molecule has 0 heterocycles. The Bertz CT molecular complexity index is 369. The van der Waals surface area contributed by atoms with Crippen LogP contribution in [0.1, 0.15) is 50.7 Å². The van der Waals surface area contributed by atoms with Gasteiger partial charge in [0.15, 0.2) is 0 Å². The fraction of sp³-hybridized carbons (Fsp3) is 0.625. The Kier molecular flexibility index (Phi) is 5.80. The van der Waals surface area contributed by atoms with E-state index in [4.69, 9.17) is 0 Å². The Hall–Kier alpha value is -0.890. The van der Waals surface area contributed by atoms with Gasteiger partial charge in [-0.15, -0.1) is 0 Å². The van der Waals surface area contributed by atoms with E-state index in [1.807, 2.05) is 13.0 Å². The lowest BCUT2D eigenvalue weighted by Gasteiger charge is -2.31. The van der Waals surface area contributed by atoms with Gasteiger partial charge in [0, 0.05) is 6.61 Å². The zero-order valence-corrected chi connectivity index (χ0v) is 11.8. The lowest BCUT2D eigenvalue weighted by molar-refractivity contribution is 0.107. The van der Waals surface area contributed by atoms with Crippen LogP contribution in [0, 0.1) is 18.2 Å². The normalized spacial score (nSPS) is 14.5. The van der Waals surface area contributed by atoms with Crippen LogP contribution in [0.3, 0.4) is 0 Å². The summed E-state index contributed by atoms with van der Waals surface area (Å²) in [6.45, 7) is 6.45. The first-order chi connectivity index (χ1) is 8.56. The van der Waals surface area contributed by atoms with E-state index in [1.54, 1.807) is 6.07 Å². The highest BCUT2D eigenvalue weighted by Crippen LogP contribution is 2.33. The molecule has 1 N–H and O–H groups in total. The summed E-state index contributed by atoms with van der Waals surface area (Å²) in [7, 11) is 0. The minimum Gasteiger partial charge on any atom is -0.396 e. The van der Waals surface area contributed by atoms with Crippen molar-refractivity contribution in [1.82, 2.24) is 0 Å². The van der Waals surface area contributed by atoms with Crippen LogP contribution in [-0.4, -0.2) is 11.7 Å². The first-order valence-corrected chi connectivity index (χ1v) is 6.93. The Morgan fingerprint density at radius 3 is 2.50 bits per heavy atom. The average molecular weight is 252 g/mol. The number of aliphatic hydroxyl groups is 1. The van der Waals surface area contributed by atoms with Crippen LogP contribution in [0.4, 0.5) is 4.39 Å². The van der Waals surface area contributed by atoms with Crippen LogP contribution in [0.15, 0.2) is 18.2 Å². The smallest absolute Gasteiger partial charge is 0.123 e. The van der Waals surface area contributed by atoms with Gasteiger partial charge in [0.05, 0.1) is 0 Å². The van der Waals surface area contributed by atoms with Crippen LogP contribution in [0.25, 0.3) is 0 Å². The van der Waals surface area contributed by atoms with Crippen molar-refractivity contribution in [2.45, 2.75) is 52.9 Å². The molecule has 0 saturated carbocycles. The summed E-state index contributed by atoms with van der Waals surface area (Å²) in [5, 5.41) is 9.74. The number of halogens is 1. The molecule has 0 saturated heterocycles. The average Bonchev–Trinajstić information content (AvgIpc) is 2.37. The van der Waals surface area contributed by atoms with Gasteiger partial charge in [-0.25, -0.2) is 4.39 Å². The Balaban J connectivity index is 2.88. The van der Waals surface area contributed by atoms with Crippen molar-refractivity contribution in [2.75, 3.05) is 6.61 Å². The lowest BCUT2D eigenvalue weighted by atomic mass is 9.75. The number of unbranched alkanes of at least 4 members (excludes halogenated alkanes) is 1. The molecule has 0 aliphatic carbocycles. The van der Waals surface area contributed by atoms with Crippen LogP contribution < -0.4 is 0 Å². The van der Waals surface area contributed by atoms with E-state index >= 15 is 0 Å². The van der Waals surface area contributed by atoms with E-state index in [1.165, 1.54) is 6.07 Å². The van der Waals surface area contributed by atoms with Crippen molar-refractivity contribution in [3.8, 4) is 0 Å². The van der Waals surface area contributed by atoms with Crippen molar-refractivity contribution in [3.63, 3.8) is 0 Å². The Morgan fingerprint density at radius 1 is 1.28 bits per heavy atom. The van der Waals surface area contributed by atoms with Crippen molar-refractivity contribution >= 4 is 0 Å². The molecule has 0 amide bonds. The summed E-state index contributed by atoms with van der Waals surface area (Å²) < 4.78 is 13.1. The number of rotatable bonds is 7. The molecule has 1 unspecified atom stereocenters. The molecule has 0 bridgehead atoms. The SMILES string of the molecule is CCCCC(CC)(CO)Cc1ccc(F)cc1C. The first-order valence-electron chi connectivity index (χ1n) is 6.93. The van der Waals surface area contributed by atoms with Gasteiger partial charge in [-0.3, -0.25) is 0 Å². The molecular formula is C16H25FO. The largest absolute Gasteiger partial charge is 0.396 e. The van der Waals surface area contributed by atoms with Crippen molar-refractivity contribution < 1.29 is 9.50 Å². The maximum absolute atomic E-state index is 13.1. The molecule has 1 atom stereocenters. The molecule has 0 spiro atoms. The second-order valence-electron chi connectivity index (χ2n) is 5.36. The maximum Gasteiger partial charge on any atom is 0.123 e. The molecule has 0 aromatic heterocycles. The monoisotopic (exact) mass is 252 g/mol. The van der Waals surface area contributed by atoms with Crippen LogP contribution >= 0.6 is 0 Å². The van der Waals surface area contributed by atoms with E-state index in [-0.39, 0.29) is 17.8 Å². The van der Waals surface area contributed by atoms with Crippen molar-refractivity contribution in [2.24, 2.45) is 5.41 Å². The van der Waals surface area contributed by atoms with Crippen LogP contribution in [0.5, 0.6) is 0 Å². The maximum atomic E-state index is 13.1. The van der Waals surface area contributed by atoms with Gasteiger partial charge < -0.3 is 5.11 Å². The van der Waals surface area contributed by atoms with Gasteiger partial charge in [0.1, 0.15) is 5.82 Å². The zero-order valence-electron chi connectivity index (χ0n) is 11.8. The van der Waals surface area contributed by atoms with E-state index in [2.05, 4.69) is 13.8 Å². The fourth-order valence-corrected chi connectivity index (χ4v) is 2.45. The molecule has 0 radical (unpaired) electrons. The molecule has 0 fully saturated rings. The standard InChI is InChI=1S/C16H25FO/c1-4-6-9-16(5-2,12-18)11-14-7-8-15(17)10-13(14)3/h7-8,10,18H,4-6,9,11-12H2,1-3H3. The van der Waals surface area contributed by atoms with Crippen LogP contribution in [-0.2, 0) is 6.42 Å². The summed E-state index contributed by atoms with van der Waals surface area (Å²) in [5.41, 5.74) is 2.10. The highest BCUT2D eigenvalue weighted by molar-refractivity contribution is 5.27. The predicted molar refractivity (Wildman–Crippen MR) is 74.2 cm³/mol. The second kappa shape index (κ2) is 6.89. The topological polar surface area (TPSA) is 20.2 Å². The van der Waals surface area contributed by atoms with Crippen LogP contribution in [0.2, 0.25) is 0 Å². The molecular weight excluding hydrogens is 227 g/mol. The third kappa shape index (κ3) is 3.81. The summed E-state index contributed by atoms with van der Waals surface area (Å²) in [4.78, 5) is 0. The quantitative estimate of drug-likeness (QED) is 0.769. The molecule has 102 valence electrons. The Morgan fingerprint density at radius 2 is 2.00 bits per heavy atom. The summed E-state index contributed by atoms with van der Waals surface area (Å²) in [5.74, 6) is -0.184. The number of aryl methyl sites for hydroxylation is 1. The second-order valence-corrected chi connectivity index (χ2v) is 5.36. The number of hydrogen-bond donors (Lipinski definition) is 1. The lowest BCUT2D eigenvalue weighted by Crippen LogP contribution is -2.27. The fourth-order valence-electron chi connectivity index (χ4n) is 2.45. The highest BCUT2D eigenvalue weighted by Gasteiger charge is 2.27. The molecule has 0 aliphatic heterocycles. The number of benzene rings is 1. The van der Waals surface area contributed by atoms with E-state index < -0.39 is 0 Å². The van der Waals surface area contributed by atoms with Gasteiger partial charge in [0.25, 0.3) is 0 Å². The molecule has 18 heavy (non-hydrogen) atoms. The zero-order chi connectivity index (χ0) is 13.6.